The van der Waals surface area contributed by atoms with Crippen LogP contribution in [0.5, 0.6) is 0 Å². The molecule has 0 unspecified atom stereocenters. The Bertz CT molecular complexity index is 424. The zero-order valence-corrected chi connectivity index (χ0v) is 11.0. The summed E-state index contributed by atoms with van der Waals surface area (Å²) in [6, 6.07) is 3.12. The summed E-state index contributed by atoms with van der Waals surface area (Å²) in [4.78, 5) is 26.2. The van der Waals surface area contributed by atoms with E-state index in [4.69, 9.17) is 5.11 Å². The predicted molar refractivity (Wildman–Crippen MR) is 72.1 cm³/mol. The maximum atomic E-state index is 11.6. The van der Waals surface area contributed by atoms with Crippen molar-refractivity contribution in [3.63, 3.8) is 0 Å². The summed E-state index contributed by atoms with van der Waals surface area (Å²) < 4.78 is 0. The molecule has 18 heavy (non-hydrogen) atoms. The van der Waals surface area contributed by atoms with E-state index in [0.717, 1.165) is 18.6 Å². The molecule has 0 atom stereocenters. The largest absolute Gasteiger partial charge is 0.476 e. The van der Waals surface area contributed by atoms with Gasteiger partial charge in [0.15, 0.2) is 5.69 Å². The third kappa shape index (κ3) is 4.75. The second-order valence-electron chi connectivity index (χ2n) is 3.66. The molecule has 1 aromatic heterocycles. The van der Waals surface area contributed by atoms with Crippen molar-refractivity contribution in [2.24, 2.45) is 0 Å². The van der Waals surface area contributed by atoms with E-state index in [1.165, 1.54) is 24.0 Å². The molecule has 1 aromatic rings. The first kappa shape index (κ1) is 14.5. The minimum atomic E-state index is -1.15. The maximum absolute atomic E-state index is 11.6. The van der Waals surface area contributed by atoms with Crippen LogP contribution < -0.4 is 5.32 Å². The molecule has 6 heteroatoms. The zero-order chi connectivity index (χ0) is 13.4. The van der Waals surface area contributed by atoms with Gasteiger partial charge in [0.2, 0.25) is 5.91 Å². The van der Waals surface area contributed by atoms with Gasteiger partial charge in [-0.1, -0.05) is 13.3 Å². The van der Waals surface area contributed by atoms with Crippen LogP contribution in [-0.2, 0) is 4.79 Å². The van der Waals surface area contributed by atoms with E-state index in [-0.39, 0.29) is 17.3 Å². The first-order chi connectivity index (χ1) is 8.65. The molecule has 1 rings (SSSR count). The molecule has 0 aliphatic rings. The molecule has 1 heterocycles. The van der Waals surface area contributed by atoms with E-state index in [1.54, 1.807) is 6.07 Å². The monoisotopic (exact) mass is 268 g/mol. The van der Waals surface area contributed by atoms with E-state index < -0.39 is 5.97 Å². The van der Waals surface area contributed by atoms with Crippen LogP contribution in [0, 0.1) is 0 Å². The van der Waals surface area contributed by atoms with E-state index in [0.29, 0.717) is 5.75 Å². The second kappa shape index (κ2) is 7.71. The van der Waals surface area contributed by atoms with Gasteiger partial charge in [0, 0.05) is 6.20 Å². The van der Waals surface area contributed by atoms with Crippen LogP contribution in [0.1, 0.15) is 30.3 Å². The topological polar surface area (TPSA) is 79.3 Å². The SMILES string of the molecule is CCCCSCC(=O)Nc1cccnc1C(=O)O. The first-order valence-corrected chi connectivity index (χ1v) is 6.86. The van der Waals surface area contributed by atoms with Crippen LogP contribution in [0.4, 0.5) is 5.69 Å². The second-order valence-corrected chi connectivity index (χ2v) is 4.76. The Morgan fingerprint density at radius 1 is 1.50 bits per heavy atom. The Hall–Kier alpha value is -1.56. The van der Waals surface area contributed by atoms with Gasteiger partial charge in [-0.05, 0) is 24.3 Å². The number of amides is 1. The molecule has 2 N–H and O–H groups in total. The Kier molecular flexibility index (Phi) is 6.21. The van der Waals surface area contributed by atoms with E-state index >= 15 is 0 Å². The summed E-state index contributed by atoms with van der Waals surface area (Å²) in [6.07, 6.45) is 3.56. The molecule has 0 radical (unpaired) electrons. The molecule has 5 nitrogen and oxygen atoms in total. The summed E-state index contributed by atoms with van der Waals surface area (Å²) in [5.41, 5.74) is 0.107. The van der Waals surface area contributed by atoms with Gasteiger partial charge in [-0.3, -0.25) is 4.79 Å². The molecular formula is C12H16N2O3S. The fourth-order valence-electron chi connectivity index (χ4n) is 1.27. The maximum Gasteiger partial charge on any atom is 0.356 e. The van der Waals surface area contributed by atoms with Crippen LogP contribution >= 0.6 is 11.8 Å². The number of thioether (sulfide) groups is 1. The molecular weight excluding hydrogens is 252 g/mol. The highest BCUT2D eigenvalue weighted by Gasteiger charge is 2.12. The number of hydrogen-bond donors (Lipinski definition) is 2. The standard InChI is InChI=1S/C12H16N2O3S/c1-2-3-7-18-8-10(15)14-9-5-4-6-13-11(9)12(16)17/h4-6H,2-3,7-8H2,1H3,(H,14,15)(H,16,17). The molecule has 0 fully saturated rings. The molecule has 0 bridgehead atoms. The van der Waals surface area contributed by atoms with E-state index in [1.807, 2.05) is 0 Å². The molecule has 0 saturated heterocycles. The number of nitrogens with one attached hydrogen (secondary N) is 1. The molecule has 0 spiro atoms. The zero-order valence-electron chi connectivity index (χ0n) is 10.2. The summed E-state index contributed by atoms with van der Waals surface area (Å²) in [6.45, 7) is 2.09. The smallest absolute Gasteiger partial charge is 0.356 e. The van der Waals surface area contributed by atoms with Crippen LogP contribution in [0.2, 0.25) is 0 Å². The van der Waals surface area contributed by atoms with Crippen molar-refractivity contribution < 1.29 is 14.7 Å². The molecule has 0 saturated carbocycles. The number of anilines is 1. The molecule has 1 amide bonds. The Balaban J connectivity index is 2.51. The van der Waals surface area contributed by atoms with Crippen molar-refractivity contribution in [3.05, 3.63) is 24.0 Å². The van der Waals surface area contributed by atoms with Gasteiger partial charge in [0.1, 0.15) is 0 Å². The first-order valence-electron chi connectivity index (χ1n) is 5.71. The number of carboxylic acid groups (broad SMARTS) is 1. The van der Waals surface area contributed by atoms with Gasteiger partial charge in [0.25, 0.3) is 0 Å². The van der Waals surface area contributed by atoms with E-state index in [9.17, 15) is 9.59 Å². The number of rotatable bonds is 7. The van der Waals surface area contributed by atoms with Gasteiger partial charge in [-0.15, -0.1) is 0 Å². The van der Waals surface area contributed by atoms with Gasteiger partial charge >= 0.3 is 5.97 Å². The summed E-state index contributed by atoms with van der Waals surface area (Å²) in [5, 5.41) is 11.5. The Morgan fingerprint density at radius 3 is 2.94 bits per heavy atom. The van der Waals surface area contributed by atoms with Crippen molar-refractivity contribution in [2.45, 2.75) is 19.8 Å². The normalized spacial score (nSPS) is 10.1. The van der Waals surface area contributed by atoms with Gasteiger partial charge in [-0.2, -0.15) is 11.8 Å². The highest BCUT2D eigenvalue weighted by molar-refractivity contribution is 7.99. The highest BCUT2D eigenvalue weighted by atomic mass is 32.2. The van der Waals surface area contributed by atoms with Crippen LogP contribution in [0.3, 0.4) is 0 Å². The lowest BCUT2D eigenvalue weighted by Gasteiger charge is -2.07. The summed E-state index contributed by atoms with van der Waals surface area (Å²) >= 11 is 1.54. The predicted octanol–water partition coefficient (Wildman–Crippen LogP) is 2.25. The number of aromatic carboxylic acids is 1. The molecule has 0 aliphatic heterocycles. The number of hydrogen-bond acceptors (Lipinski definition) is 4. The number of carboxylic acids is 1. The third-order valence-electron chi connectivity index (χ3n) is 2.16. The van der Waals surface area contributed by atoms with Crippen molar-refractivity contribution in [1.29, 1.82) is 0 Å². The van der Waals surface area contributed by atoms with Crippen LogP contribution in [0.25, 0.3) is 0 Å². The van der Waals surface area contributed by atoms with Gasteiger partial charge < -0.3 is 10.4 Å². The minimum Gasteiger partial charge on any atom is -0.476 e. The van der Waals surface area contributed by atoms with Gasteiger partial charge in [-0.25, -0.2) is 9.78 Å². The number of nitrogens with zero attached hydrogens (tertiary/aromatic N) is 1. The van der Waals surface area contributed by atoms with Crippen molar-refractivity contribution in [1.82, 2.24) is 4.98 Å². The average molecular weight is 268 g/mol. The number of unbranched alkanes of at least 4 members (excludes halogenated alkanes) is 1. The van der Waals surface area contributed by atoms with Crippen molar-refractivity contribution >= 4 is 29.3 Å². The molecule has 0 aromatic carbocycles. The van der Waals surface area contributed by atoms with Crippen LogP contribution in [-0.4, -0.2) is 33.5 Å². The Labute approximate surface area is 110 Å². The fraction of sp³-hybridized carbons (Fsp3) is 0.417. The summed E-state index contributed by atoms with van der Waals surface area (Å²) in [5.74, 6) is -0.0902. The number of carbonyl (C=O) groups is 2. The lowest BCUT2D eigenvalue weighted by Crippen LogP contribution is -2.17. The van der Waals surface area contributed by atoms with Crippen molar-refractivity contribution in [3.8, 4) is 0 Å². The number of pyridine rings is 1. The lowest BCUT2D eigenvalue weighted by molar-refractivity contribution is -0.113. The number of carbonyl (C=O) groups excluding carboxylic acids is 1. The van der Waals surface area contributed by atoms with E-state index in [2.05, 4.69) is 17.2 Å². The Morgan fingerprint density at radius 2 is 2.28 bits per heavy atom. The summed E-state index contributed by atoms with van der Waals surface area (Å²) in [7, 11) is 0. The average Bonchev–Trinajstić information content (AvgIpc) is 2.35. The van der Waals surface area contributed by atoms with Crippen LogP contribution in [0.15, 0.2) is 18.3 Å². The van der Waals surface area contributed by atoms with Crippen molar-refractivity contribution in [2.75, 3.05) is 16.8 Å². The third-order valence-corrected chi connectivity index (χ3v) is 3.20. The lowest BCUT2D eigenvalue weighted by atomic mass is 10.3. The minimum absolute atomic E-state index is 0.135. The van der Waals surface area contributed by atoms with Gasteiger partial charge in [0.05, 0.1) is 11.4 Å². The quantitative estimate of drug-likeness (QED) is 0.741. The molecule has 98 valence electrons. The number of aromatic nitrogens is 1. The fourth-order valence-corrected chi connectivity index (χ4v) is 2.17. The highest BCUT2D eigenvalue weighted by Crippen LogP contribution is 2.13. The molecule has 0 aliphatic carbocycles.